The highest BCUT2D eigenvalue weighted by atomic mass is 19.1. The molecule has 0 bridgehead atoms. The predicted molar refractivity (Wildman–Crippen MR) is 124 cm³/mol. The number of aromatic hydroxyl groups is 1. The number of phenols is 1. The summed E-state index contributed by atoms with van der Waals surface area (Å²) in [6.45, 7) is 0.876. The normalized spacial score (nSPS) is 17.9. The highest BCUT2D eigenvalue weighted by molar-refractivity contribution is 6.46. The maximum Gasteiger partial charge on any atom is 0.295 e. The fourth-order valence-corrected chi connectivity index (χ4v) is 4.28. The number of phenolic OH excluding ortho intramolecular Hbond substituents is 1. The third-order valence-corrected chi connectivity index (χ3v) is 5.90. The molecule has 2 N–H and O–H groups in total. The molecule has 0 radical (unpaired) electrons. The Bertz CT molecular complexity index is 1270. The van der Waals surface area contributed by atoms with Gasteiger partial charge in [-0.05, 0) is 44.6 Å². The van der Waals surface area contributed by atoms with E-state index in [4.69, 9.17) is 0 Å². The number of amides is 1. The molecule has 170 valence electrons. The van der Waals surface area contributed by atoms with Crippen molar-refractivity contribution in [3.05, 3.63) is 83.2 Å². The van der Waals surface area contributed by atoms with Gasteiger partial charge in [0.15, 0.2) is 0 Å². The number of carbonyl (C=O) groups is 2. The largest absolute Gasteiger partial charge is 0.507 e. The second-order valence-corrected chi connectivity index (χ2v) is 8.35. The minimum atomic E-state index is -1.10. The average Bonchev–Trinajstić information content (AvgIpc) is 3.04. The van der Waals surface area contributed by atoms with E-state index < -0.39 is 29.3 Å². The Labute approximate surface area is 191 Å². The van der Waals surface area contributed by atoms with Gasteiger partial charge in [-0.25, -0.2) is 4.39 Å². The summed E-state index contributed by atoms with van der Waals surface area (Å²) in [5, 5.41) is 23.3. The molecule has 7 heteroatoms. The molecule has 3 aromatic carbocycles. The summed E-state index contributed by atoms with van der Waals surface area (Å²) in [4.78, 5) is 29.3. The van der Waals surface area contributed by atoms with Crippen molar-refractivity contribution in [2.45, 2.75) is 12.5 Å². The Kier molecular flexibility index (Phi) is 6.16. The molecule has 1 aliphatic rings. The van der Waals surface area contributed by atoms with Gasteiger partial charge in [0.1, 0.15) is 17.3 Å². The number of hydrogen-bond donors (Lipinski definition) is 2. The number of Topliss-reactive ketones (excluding diaryl/α,β-unsaturated/α-hetero) is 1. The van der Waals surface area contributed by atoms with Crippen LogP contribution >= 0.6 is 0 Å². The van der Waals surface area contributed by atoms with E-state index in [0.717, 1.165) is 5.39 Å². The molecule has 1 aliphatic heterocycles. The van der Waals surface area contributed by atoms with Gasteiger partial charge < -0.3 is 20.0 Å². The van der Waals surface area contributed by atoms with Gasteiger partial charge in [-0.1, -0.05) is 48.5 Å². The zero-order valence-electron chi connectivity index (χ0n) is 18.5. The molecular weight excluding hydrogens is 423 g/mol. The first-order chi connectivity index (χ1) is 15.8. The van der Waals surface area contributed by atoms with Crippen molar-refractivity contribution < 1.29 is 24.2 Å². The van der Waals surface area contributed by atoms with Crippen LogP contribution in [0.25, 0.3) is 16.5 Å². The van der Waals surface area contributed by atoms with Crippen LogP contribution < -0.4 is 0 Å². The number of likely N-dealkylation sites (tertiary alicyclic amines) is 1. The summed E-state index contributed by atoms with van der Waals surface area (Å²) in [5.74, 6) is -3.03. The number of benzene rings is 3. The number of ketones is 1. The van der Waals surface area contributed by atoms with E-state index >= 15 is 0 Å². The lowest BCUT2D eigenvalue weighted by Crippen LogP contribution is -2.32. The number of aliphatic hydroxyl groups excluding tert-OH is 1. The van der Waals surface area contributed by atoms with Gasteiger partial charge in [0.25, 0.3) is 11.7 Å². The van der Waals surface area contributed by atoms with Crippen molar-refractivity contribution in [2.75, 3.05) is 27.2 Å². The monoisotopic (exact) mass is 448 g/mol. The molecule has 33 heavy (non-hydrogen) atoms. The third-order valence-electron chi connectivity index (χ3n) is 5.90. The zero-order chi connectivity index (χ0) is 23.7. The number of fused-ring (bicyclic) bond motifs is 1. The number of hydrogen-bond acceptors (Lipinski definition) is 5. The molecule has 1 unspecified atom stereocenters. The molecule has 1 amide bonds. The molecule has 0 saturated carbocycles. The summed E-state index contributed by atoms with van der Waals surface area (Å²) >= 11 is 0. The van der Waals surface area contributed by atoms with Crippen molar-refractivity contribution in [3.63, 3.8) is 0 Å². The van der Waals surface area contributed by atoms with Gasteiger partial charge in [0.2, 0.25) is 0 Å². The minimum Gasteiger partial charge on any atom is -0.507 e. The Morgan fingerprint density at radius 2 is 1.73 bits per heavy atom. The summed E-state index contributed by atoms with van der Waals surface area (Å²) < 4.78 is 14.8. The van der Waals surface area contributed by atoms with Crippen LogP contribution in [0.3, 0.4) is 0 Å². The zero-order valence-corrected chi connectivity index (χ0v) is 18.5. The molecule has 4 rings (SSSR count). The molecule has 0 aromatic heterocycles. The second kappa shape index (κ2) is 9.03. The van der Waals surface area contributed by atoms with Crippen LogP contribution in [-0.4, -0.2) is 58.9 Å². The van der Waals surface area contributed by atoms with Crippen LogP contribution in [-0.2, 0) is 9.59 Å². The highest BCUT2D eigenvalue weighted by Gasteiger charge is 2.46. The first kappa shape index (κ1) is 22.5. The number of rotatable bonds is 6. The molecule has 1 atom stereocenters. The lowest BCUT2D eigenvalue weighted by Gasteiger charge is -2.26. The summed E-state index contributed by atoms with van der Waals surface area (Å²) in [5.41, 5.74) is -0.106. The highest BCUT2D eigenvalue weighted by Crippen LogP contribution is 2.42. The summed E-state index contributed by atoms with van der Waals surface area (Å²) in [6, 6.07) is 15.0. The lowest BCUT2D eigenvalue weighted by atomic mass is 9.93. The van der Waals surface area contributed by atoms with Gasteiger partial charge >= 0.3 is 0 Å². The van der Waals surface area contributed by atoms with Crippen LogP contribution in [0.15, 0.2) is 66.2 Å². The molecule has 1 heterocycles. The Hall–Kier alpha value is -3.71. The predicted octanol–water partition coefficient (Wildman–Crippen LogP) is 4.06. The fraction of sp³-hybridized carbons (Fsp3) is 0.231. The van der Waals surface area contributed by atoms with Crippen LogP contribution in [0.2, 0.25) is 0 Å². The first-order valence-electron chi connectivity index (χ1n) is 10.7. The molecule has 0 aliphatic carbocycles. The van der Waals surface area contributed by atoms with Gasteiger partial charge in [0, 0.05) is 17.5 Å². The maximum atomic E-state index is 14.8. The van der Waals surface area contributed by atoms with E-state index in [1.165, 1.54) is 29.2 Å². The fourth-order valence-electron chi connectivity index (χ4n) is 4.28. The van der Waals surface area contributed by atoms with Crippen LogP contribution in [0, 0.1) is 5.82 Å². The quantitative estimate of drug-likeness (QED) is 0.338. The Morgan fingerprint density at radius 3 is 2.45 bits per heavy atom. The van der Waals surface area contributed by atoms with Crippen molar-refractivity contribution in [3.8, 4) is 5.75 Å². The minimum absolute atomic E-state index is 0.0151. The topological polar surface area (TPSA) is 81.1 Å². The summed E-state index contributed by atoms with van der Waals surface area (Å²) in [6.07, 6.45) is 0.562. The molecule has 0 spiro atoms. The number of nitrogens with zero attached hydrogens (tertiary/aromatic N) is 2. The third kappa shape index (κ3) is 4.07. The van der Waals surface area contributed by atoms with Crippen molar-refractivity contribution >= 4 is 28.2 Å². The number of aliphatic hydroxyl groups is 1. The number of halogens is 1. The number of carbonyl (C=O) groups excluding carboxylic acids is 2. The molecule has 3 aromatic rings. The van der Waals surface area contributed by atoms with Gasteiger partial charge in [-0.2, -0.15) is 0 Å². The van der Waals surface area contributed by atoms with Crippen molar-refractivity contribution in [2.24, 2.45) is 0 Å². The Morgan fingerprint density at radius 1 is 1.03 bits per heavy atom. The molecule has 1 saturated heterocycles. The van der Waals surface area contributed by atoms with Crippen LogP contribution in [0.4, 0.5) is 4.39 Å². The van der Waals surface area contributed by atoms with Gasteiger partial charge in [0.05, 0.1) is 17.2 Å². The SMILES string of the molecule is CN(C)CCCN1C(=O)C(=O)C(=C(O)c2ccc3ccccc3c2O)C1c1ccccc1F. The van der Waals surface area contributed by atoms with E-state index in [9.17, 15) is 24.2 Å². The van der Waals surface area contributed by atoms with Crippen LogP contribution in [0.5, 0.6) is 5.75 Å². The van der Waals surface area contributed by atoms with E-state index in [-0.39, 0.29) is 29.0 Å². The van der Waals surface area contributed by atoms with Crippen molar-refractivity contribution in [1.29, 1.82) is 0 Å². The first-order valence-corrected chi connectivity index (χ1v) is 10.7. The standard InChI is InChI=1S/C26H25FN2O4/c1-28(2)14-7-15-29-22(18-10-5-6-11-20(18)27)21(25(32)26(29)33)24(31)19-13-12-16-8-3-4-9-17(16)23(19)30/h3-6,8-13,22,30-31H,7,14-15H2,1-2H3. The lowest BCUT2D eigenvalue weighted by molar-refractivity contribution is -0.140. The van der Waals surface area contributed by atoms with E-state index in [1.54, 1.807) is 24.3 Å². The van der Waals surface area contributed by atoms with E-state index in [2.05, 4.69) is 0 Å². The molecule has 6 nitrogen and oxygen atoms in total. The van der Waals surface area contributed by atoms with Crippen LogP contribution in [0.1, 0.15) is 23.6 Å². The van der Waals surface area contributed by atoms with E-state index in [0.29, 0.717) is 18.4 Å². The maximum absolute atomic E-state index is 14.8. The van der Waals surface area contributed by atoms with Crippen molar-refractivity contribution in [1.82, 2.24) is 9.80 Å². The van der Waals surface area contributed by atoms with Gasteiger partial charge in [-0.15, -0.1) is 0 Å². The molecular formula is C26H25FN2O4. The Balaban J connectivity index is 1.88. The average molecular weight is 448 g/mol. The van der Waals surface area contributed by atoms with Gasteiger partial charge in [-0.3, -0.25) is 9.59 Å². The summed E-state index contributed by atoms with van der Waals surface area (Å²) in [7, 11) is 3.79. The molecule has 1 fully saturated rings. The smallest absolute Gasteiger partial charge is 0.295 e. The second-order valence-electron chi connectivity index (χ2n) is 8.35. The van der Waals surface area contributed by atoms with E-state index in [1.807, 2.05) is 31.1 Å².